The molecule has 3 rings (SSSR count). The summed E-state index contributed by atoms with van der Waals surface area (Å²) in [6.45, 7) is 5.04. The first-order chi connectivity index (χ1) is 17.0. The monoisotopic (exact) mass is 498 g/mol. The highest BCUT2D eigenvalue weighted by Gasteiger charge is 2.10. The van der Waals surface area contributed by atoms with Crippen molar-refractivity contribution < 1.29 is 14.3 Å². The quantitative estimate of drug-likeness (QED) is 0.217. The second kappa shape index (κ2) is 12.9. The molecule has 0 aliphatic carbocycles. The number of hydrogen-bond donors (Lipinski definition) is 4. The van der Waals surface area contributed by atoms with Crippen LogP contribution >= 0.6 is 11.6 Å². The number of anilines is 4. The van der Waals surface area contributed by atoms with Crippen molar-refractivity contribution >= 4 is 47.3 Å². The van der Waals surface area contributed by atoms with E-state index in [0.29, 0.717) is 53.1 Å². The molecule has 0 saturated heterocycles. The van der Waals surface area contributed by atoms with E-state index in [9.17, 15) is 4.79 Å². The normalized spacial score (nSPS) is 10.6. The number of carbonyl (C=O) groups excluding carboxylic acids is 1. The number of methoxy groups -OCH3 is 1. The maximum Gasteiger partial charge on any atom is 0.262 e. The molecular formula is C23H27ClN8O3. The number of hydrogen-bond acceptors (Lipinski definition) is 10. The van der Waals surface area contributed by atoms with Crippen LogP contribution in [-0.4, -0.2) is 53.9 Å². The Hall–Kier alpha value is -4.12. The third kappa shape index (κ3) is 7.71. The second-order valence-electron chi connectivity index (χ2n) is 6.96. The molecule has 184 valence electrons. The molecule has 3 aromatic rings. The first kappa shape index (κ1) is 25.5. The number of ether oxygens (including phenoxy) is 2. The standard InChI is InChI=1S/C23H27ClN8O3/c1-4-25-21-29-22(26-5-2)31-23(30-21)32-27-13-15-10-11-18(19(12-15)34-3)35-14-20(33)28-17-9-7-6-8-16(17)24/h6-13H,4-5,14H2,1-3H3,(H,28,33)(H3,25,26,29,30,31,32)/b27-13+. The molecule has 0 unspecified atom stereocenters. The molecular weight excluding hydrogens is 472 g/mol. The Balaban J connectivity index is 1.61. The van der Waals surface area contributed by atoms with E-state index in [-0.39, 0.29) is 12.5 Å². The fourth-order valence-corrected chi connectivity index (χ4v) is 3.02. The minimum absolute atomic E-state index is 0.210. The zero-order valence-electron chi connectivity index (χ0n) is 19.6. The molecule has 0 saturated carbocycles. The Morgan fingerprint density at radius 2 is 1.69 bits per heavy atom. The van der Waals surface area contributed by atoms with Gasteiger partial charge in [0.05, 0.1) is 24.0 Å². The molecule has 1 heterocycles. The summed E-state index contributed by atoms with van der Waals surface area (Å²) in [4.78, 5) is 25.0. The summed E-state index contributed by atoms with van der Waals surface area (Å²) in [7, 11) is 1.51. The summed E-state index contributed by atoms with van der Waals surface area (Å²) in [6.07, 6.45) is 1.58. The molecule has 0 aliphatic heterocycles. The lowest BCUT2D eigenvalue weighted by atomic mass is 10.2. The molecule has 0 bridgehead atoms. The average Bonchev–Trinajstić information content (AvgIpc) is 2.85. The largest absolute Gasteiger partial charge is 0.493 e. The van der Waals surface area contributed by atoms with E-state index in [0.717, 1.165) is 5.56 Å². The number of amides is 1. The van der Waals surface area contributed by atoms with Crippen LogP contribution in [-0.2, 0) is 4.79 Å². The van der Waals surface area contributed by atoms with Gasteiger partial charge < -0.3 is 25.4 Å². The summed E-state index contributed by atoms with van der Waals surface area (Å²) in [6, 6.07) is 12.2. The van der Waals surface area contributed by atoms with Gasteiger partial charge in [-0.3, -0.25) is 4.79 Å². The lowest BCUT2D eigenvalue weighted by molar-refractivity contribution is -0.118. The van der Waals surface area contributed by atoms with Gasteiger partial charge in [-0.15, -0.1) is 0 Å². The molecule has 1 amide bonds. The summed E-state index contributed by atoms with van der Waals surface area (Å²) in [5.41, 5.74) is 4.05. The predicted octanol–water partition coefficient (Wildman–Crippen LogP) is 3.86. The zero-order chi connectivity index (χ0) is 25.0. The number of aromatic nitrogens is 3. The summed E-state index contributed by atoms with van der Waals surface area (Å²) < 4.78 is 11.0. The highest BCUT2D eigenvalue weighted by atomic mass is 35.5. The van der Waals surface area contributed by atoms with Crippen molar-refractivity contribution in [3.05, 3.63) is 53.1 Å². The summed E-state index contributed by atoms with van der Waals surface area (Å²) in [5.74, 6) is 1.69. The van der Waals surface area contributed by atoms with Crippen molar-refractivity contribution in [1.29, 1.82) is 0 Å². The Morgan fingerprint density at radius 3 is 2.34 bits per heavy atom. The van der Waals surface area contributed by atoms with Crippen LogP contribution in [0.2, 0.25) is 5.02 Å². The fraction of sp³-hybridized carbons (Fsp3) is 0.261. The van der Waals surface area contributed by atoms with Crippen LogP contribution in [0.4, 0.5) is 23.5 Å². The van der Waals surface area contributed by atoms with Gasteiger partial charge in [0.25, 0.3) is 5.91 Å². The molecule has 0 spiro atoms. The smallest absolute Gasteiger partial charge is 0.262 e. The number of rotatable bonds is 12. The maximum atomic E-state index is 12.2. The van der Waals surface area contributed by atoms with Crippen molar-refractivity contribution in [1.82, 2.24) is 15.0 Å². The van der Waals surface area contributed by atoms with E-state index >= 15 is 0 Å². The van der Waals surface area contributed by atoms with Crippen LogP contribution in [0.25, 0.3) is 0 Å². The molecule has 0 atom stereocenters. The number of nitrogens with zero attached hydrogens (tertiary/aromatic N) is 4. The zero-order valence-corrected chi connectivity index (χ0v) is 20.4. The van der Waals surface area contributed by atoms with Gasteiger partial charge in [0.2, 0.25) is 17.8 Å². The highest BCUT2D eigenvalue weighted by Crippen LogP contribution is 2.28. The molecule has 35 heavy (non-hydrogen) atoms. The van der Waals surface area contributed by atoms with Crippen LogP contribution in [0.1, 0.15) is 19.4 Å². The Bertz CT molecular complexity index is 1150. The molecule has 2 aromatic carbocycles. The third-order valence-electron chi connectivity index (χ3n) is 4.38. The van der Waals surface area contributed by atoms with Crippen LogP contribution in [0.3, 0.4) is 0 Å². The van der Waals surface area contributed by atoms with Crippen molar-refractivity contribution in [2.24, 2.45) is 5.10 Å². The van der Waals surface area contributed by atoms with Crippen LogP contribution in [0, 0.1) is 0 Å². The number of benzene rings is 2. The first-order valence-electron chi connectivity index (χ1n) is 10.9. The van der Waals surface area contributed by atoms with Gasteiger partial charge in [-0.25, -0.2) is 5.43 Å². The van der Waals surface area contributed by atoms with Crippen molar-refractivity contribution in [2.75, 3.05) is 48.2 Å². The van der Waals surface area contributed by atoms with Crippen LogP contribution in [0.5, 0.6) is 11.5 Å². The lowest BCUT2D eigenvalue weighted by Crippen LogP contribution is -2.20. The van der Waals surface area contributed by atoms with Crippen LogP contribution < -0.4 is 30.8 Å². The minimum Gasteiger partial charge on any atom is -0.493 e. The summed E-state index contributed by atoms with van der Waals surface area (Å²) >= 11 is 6.06. The van der Waals surface area contributed by atoms with Crippen LogP contribution in [0.15, 0.2) is 47.6 Å². The number of nitrogens with one attached hydrogen (secondary N) is 4. The van der Waals surface area contributed by atoms with E-state index in [1.54, 1.807) is 48.7 Å². The van der Waals surface area contributed by atoms with E-state index in [2.05, 4.69) is 41.4 Å². The fourth-order valence-electron chi connectivity index (χ4n) is 2.84. The van der Waals surface area contributed by atoms with Gasteiger partial charge in [-0.1, -0.05) is 23.7 Å². The Labute approximate surface area is 208 Å². The first-order valence-corrected chi connectivity index (χ1v) is 11.3. The molecule has 0 aliphatic rings. The number of carbonyl (C=O) groups is 1. The topological polar surface area (TPSA) is 135 Å². The van der Waals surface area contributed by atoms with E-state index in [1.165, 1.54) is 7.11 Å². The third-order valence-corrected chi connectivity index (χ3v) is 4.71. The maximum absolute atomic E-state index is 12.2. The van der Waals surface area contributed by atoms with Crippen molar-refractivity contribution in [3.8, 4) is 11.5 Å². The van der Waals surface area contributed by atoms with Crippen molar-refractivity contribution in [3.63, 3.8) is 0 Å². The molecule has 12 heteroatoms. The summed E-state index contributed by atoms with van der Waals surface area (Å²) in [5, 5.41) is 13.5. The highest BCUT2D eigenvalue weighted by molar-refractivity contribution is 6.33. The van der Waals surface area contributed by atoms with Gasteiger partial charge in [0, 0.05) is 13.1 Å². The Morgan fingerprint density at radius 1 is 1.00 bits per heavy atom. The predicted molar refractivity (Wildman–Crippen MR) is 138 cm³/mol. The van der Waals surface area contributed by atoms with E-state index < -0.39 is 0 Å². The molecule has 11 nitrogen and oxygen atoms in total. The van der Waals surface area contributed by atoms with Gasteiger partial charge in [0.15, 0.2) is 18.1 Å². The average molecular weight is 499 g/mol. The number of hydrazone groups is 1. The second-order valence-corrected chi connectivity index (χ2v) is 7.37. The molecule has 0 radical (unpaired) electrons. The number of halogens is 1. The van der Waals surface area contributed by atoms with E-state index in [4.69, 9.17) is 21.1 Å². The Kier molecular flexibility index (Phi) is 9.43. The van der Waals surface area contributed by atoms with Gasteiger partial charge in [-0.05, 0) is 49.7 Å². The number of para-hydroxylation sites is 1. The van der Waals surface area contributed by atoms with Gasteiger partial charge in [0.1, 0.15) is 0 Å². The van der Waals surface area contributed by atoms with Gasteiger partial charge in [-0.2, -0.15) is 20.1 Å². The van der Waals surface area contributed by atoms with Gasteiger partial charge >= 0.3 is 0 Å². The molecule has 0 fully saturated rings. The molecule has 1 aromatic heterocycles. The minimum atomic E-state index is -0.346. The lowest BCUT2D eigenvalue weighted by Gasteiger charge is -2.12. The van der Waals surface area contributed by atoms with Crippen molar-refractivity contribution in [2.45, 2.75) is 13.8 Å². The SMILES string of the molecule is CCNc1nc(NCC)nc(N/N=C/c2ccc(OCC(=O)Nc3ccccc3Cl)c(OC)c2)n1. The van der Waals surface area contributed by atoms with E-state index in [1.807, 2.05) is 13.8 Å². The molecule has 4 N–H and O–H groups in total.